The highest BCUT2D eigenvalue weighted by Crippen LogP contribution is 2.28. The summed E-state index contributed by atoms with van der Waals surface area (Å²) in [6, 6.07) is 7.51. The summed E-state index contributed by atoms with van der Waals surface area (Å²) >= 11 is 0. The number of hydrogen-bond donors (Lipinski definition) is 3. The number of anilines is 1. The smallest absolute Gasteiger partial charge is 0.128 e. The first-order chi connectivity index (χ1) is 10.2. The summed E-state index contributed by atoms with van der Waals surface area (Å²) in [6.45, 7) is 1.98. The van der Waals surface area contributed by atoms with E-state index in [1.165, 1.54) is 0 Å². The lowest BCUT2D eigenvalue weighted by Crippen LogP contribution is -2.30. The molecule has 6 heteroatoms. The number of pyridine rings is 1. The molecular weight excluding hydrogens is 264 g/mol. The maximum absolute atomic E-state index is 6.01. The molecule has 0 radical (unpaired) electrons. The molecule has 21 heavy (non-hydrogen) atoms. The lowest BCUT2D eigenvalue weighted by Gasteiger charge is -2.20. The number of hydrazine groups is 1. The van der Waals surface area contributed by atoms with Gasteiger partial charge in [0, 0.05) is 24.2 Å². The molecule has 0 saturated heterocycles. The Hall–Kier alpha value is -2.57. The minimum Gasteiger partial charge on any atom is -0.383 e. The molecule has 2 aromatic heterocycles. The number of nitrogens with zero attached hydrogens (tertiary/aromatic N) is 3. The molecule has 6 nitrogen and oxygen atoms in total. The standard InChI is InChI=1S/C15H16N6/c1-9-4-5-20-15(16)13(9)14(21-17)10-2-3-11-12(8-10)19-7-6-18-11/h2-8,14,21H,17H2,1H3,(H2,16,20). The highest BCUT2D eigenvalue weighted by molar-refractivity contribution is 5.75. The Balaban J connectivity index is 2.14. The minimum absolute atomic E-state index is 0.245. The second kappa shape index (κ2) is 5.43. The Morgan fingerprint density at radius 1 is 1.00 bits per heavy atom. The molecule has 0 amide bonds. The van der Waals surface area contributed by atoms with E-state index in [1.54, 1.807) is 18.6 Å². The van der Waals surface area contributed by atoms with Crippen LogP contribution in [0.4, 0.5) is 5.82 Å². The van der Waals surface area contributed by atoms with E-state index in [-0.39, 0.29) is 6.04 Å². The van der Waals surface area contributed by atoms with Gasteiger partial charge < -0.3 is 5.73 Å². The molecular formula is C15H16N6. The van der Waals surface area contributed by atoms with Crippen LogP contribution in [0.25, 0.3) is 11.0 Å². The van der Waals surface area contributed by atoms with E-state index in [9.17, 15) is 0 Å². The number of benzene rings is 1. The average molecular weight is 280 g/mol. The first kappa shape index (κ1) is 13.4. The van der Waals surface area contributed by atoms with Gasteiger partial charge in [-0.15, -0.1) is 0 Å². The van der Waals surface area contributed by atoms with E-state index in [0.717, 1.165) is 27.7 Å². The third kappa shape index (κ3) is 2.42. The normalized spacial score (nSPS) is 12.5. The third-order valence-corrected chi connectivity index (χ3v) is 3.52. The summed E-state index contributed by atoms with van der Waals surface area (Å²) in [5.74, 6) is 6.22. The fraction of sp³-hybridized carbons (Fsp3) is 0.133. The summed E-state index contributed by atoms with van der Waals surface area (Å²) in [6.07, 6.45) is 5.03. The average Bonchev–Trinajstić information content (AvgIpc) is 2.50. The Kier molecular flexibility index (Phi) is 3.47. The summed E-state index contributed by atoms with van der Waals surface area (Å²) in [7, 11) is 0. The molecule has 1 atom stereocenters. The van der Waals surface area contributed by atoms with Crippen LogP contribution in [0.15, 0.2) is 42.9 Å². The highest BCUT2D eigenvalue weighted by Gasteiger charge is 2.18. The van der Waals surface area contributed by atoms with Crippen LogP contribution in [0.5, 0.6) is 0 Å². The number of rotatable bonds is 3. The molecule has 1 unspecified atom stereocenters. The van der Waals surface area contributed by atoms with Gasteiger partial charge in [-0.3, -0.25) is 15.8 Å². The predicted octanol–water partition coefficient (Wildman–Crippen LogP) is 1.47. The molecule has 0 bridgehead atoms. The third-order valence-electron chi connectivity index (χ3n) is 3.52. The van der Waals surface area contributed by atoms with Crippen molar-refractivity contribution >= 4 is 16.9 Å². The zero-order chi connectivity index (χ0) is 14.8. The molecule has 3 rings (SSSR count). The number of aromatic nitrogens is 3. The number of hydrogen-bond acceptors (Lipinski definition) is 6. The molecule has 0 aliphatic carbocycles. The van der Waals surface area contributed by atoms with Gasteiger partial charge in [-0.2, -0.15) is 0 Å². The van der Waals surface area contributed by atoms with E-state index in [4.69, 9.17) is 11.6 Å². The van der Waals surface area contributed by atoms with Gasteiger partial charge in [-0.05, 0) is 36.2 Å². The van der Waals surface area contributed by atoms with Crippen molar-refractivity contribution in [1.29, 1.82) is 0 Å². The fourth-order valence-electron chi connectivity index (χ4n) is 2.47. The van der Waals surface area contributed by atoms with E-state index in [1.807, 2.05) is 31.2 Å². The first-order valence-electron chi connectivity index (χ1n) is 6.58. The van der Waals surface area contributed by atoms with Gasteiger partial charge in [0.15, 0.2) is 0 Å². The summed E-state index contributed by atoms with van der Waals surface area (Å²) in [4.78, 5) is 12.7. The second-order valence-corrected chi connectivity index (χ2v) is 4.83. The van der Waals surface area contributed by atoms with Crippen LogP contribution in [0.3, 0.4) is 0 Å². The number of nitrogens with one attached hydrogen (secondary N) is 1. The topological polar surface area (TPSA) is 103 Å². The molecule has 0 aliphatic rings. The van der Waals surface area contributed by atoms with Gasteiger partial charge in [0.25, 0.3) is 0 Å². The van der Waals surface area contributed by atoms with Crippen molar-refractivity contribution in [2.24, 2.45) is 5.84 Å². The largest absolute Gasteiger partial charge is 0.383 e. The molecule has 106 valence electrons. The fourth-order valence-corrected chi connectivity index (χ4v) is 2.47. The molecule has 0 spiro atoms. The maximum atomic E-state index is 6.01. The van der Waals surface area contributed by atoms with E-state index >= 15 is 0 Å². The van der Waals surface area contributed by atoms with Crippen LogP contribution in [0, 0.1) is 6.92 Å². The van der Waals surface area contributed by atoms with Gasteiger partial charge in [-0.1, -0.05) is 6.07 Å². The predicted molar refractivity (Wildman–Crippen MR) is 82.1 cm³/mol. The molecule has 1 aromatic carbocycles. The summed E-state index contributed by atoms with van der Waals surface area (Å²) in [5.41, 5.74) is 13.4. The minimum atomic E-state index is -0.245. The number of aryl methyl sites for hydroxylation is 1. The number of fused-ring (bicyclic) bond motifs is 1. The summed E-state index contributed by atoms with van der Waals surface area (Å²) in [5, 5.41) is 0. The monoisotopic (exact) mass is 280 g/mol. The molecule has 0 fully saturated rings. The van der Waals surface area contributed by atoms with E-state index in [0.29, 0.717) is 5.82 Å². The van der Waals surface area contributed by atoms with Crippen LogP contribution >= 0.6 is 0 Å². The van der Waals surface area contributed by atoms with Crippen molar-refractivity contribution in [3.63, 3.8) is 0 Å². The number of nitrogen functional groups attached to an aromatic ring is 1. The summed E-state index contributed by atoms with van der Waals surface area (Å²) < 4.78 is 0. The quantitative estimate of drug-likeness (QED) is 0.496. The van der Waals surface area contributed by atoms with Gasteiger partial charge in [-0.25, -0.2) is 10.4 Å². The SMILES string of the molecule is Cc1ccnc(N)c1C(NN)c1ccc2nccnc2c1. The zero-order valence-corrected chi connectivity index (χ0v) is 11.6. The van der Waals surface area contributed by atoms with Crippen molar-refractivity contribution in [3.05, 3.63) is 59.5 Å². The van der Waals surface area contributed by atoms with Crippen molar-refractivity contribution in [1.82, 2.24) is 20.4 Å². The maximum Gasteiger partial charge on any atom is 0.128 e. The van der Waals surface area contributed by atoms with Gasteiger partial charge in [0.2, 0.25) is 0 Å². The van der Waals surface area contributed by atoms with Crippen molar-refractivity contribution in [2.45, 2.75) is 13.0 Å². The van der Waals surface area contributed by atoms with Crippen molar-refractivity contribution in [2.75, 3.05) is 5.73 Å². The van der Waals surface area contributed by atoms with Crippen molar-refractivity contribution < 1.29 is 0 Å². The Labute approximate surface area is 122 Å². The van der Waals surface area contributed by atoms with E-state index < -0.39 is 0 Å². The molecule has 0 aliphatic heterocycles. The van der Waals surface area contributed by atoms with Gasteiger partial charge in [0.1, 0.15) is 5.82 Å². The van der Waals surface area contributed by atoms with Crippen LogP contribution in [-0.4, -0.2) is 15.0 Å². The van der Waals surface area contributed by atoms with Crippen LogP contribution in [-0.2, 0) is 0 Å². The molecule has 3 aromatic rings. The molecule has 2 heterocycles. The number of nitrogens with two attached hydrogens (primary N) is 2. The zero-order valence-electron chi connectivity index (χ0n) is 11.6. The molecule has 0 saturated carbocycles. The molecule has 5 N–H and O–H groups in total. The van der Waals surface area contributed by atoms with Crippen LogP contribution in [0.2, 0.25) is 0 Å². The van der Waals surface area contributed by atoms with Crippen LogP contribution < -0.4 is 17.0 Å². The second-order valence-electron chi connectivity index (χ2n) is 4.83. The first-order valence-corrected chi connectivity index (χ1v) is 6.58. The van der Waals surface area contributed by atoms with Crippen LogP contribution in [0.1, 0.15) is 22.7 Å². The van der Waals surface area contributed by atoms with Gasteiger partial charge >= 0.3 is 0 Å². The highest BCUT2D eigenvalue weighted by atomic mass is 15.2. The van der Waals surface area contributed by atoms with Gasteiger partial charge in [0.05, 0.1) is 17.1 Å². The Morgan fingerprint density at radius 2 is 1.76 bits per heavy atom. The lowest BCUT2D eigenvalue weighted by molar-refractivity contribution is 0.634. The lowest BCUT2D eigenvalue weighted by atomic mass is 9.96. The Bertz CT molecular complexity index is 766. The van der Waals surface area contributed by atoms with Crippen molar-refractivity contribution in [3.8, 4) is 0 Å². The van der Waals surface area contributed by atoms with E-state index in [2.05, 4.69) is 20.4 Å². The Morgan fingerprint density at radius 3 is 2.48 bits per heavy atom.